The van der Waals surface area contributed by atoms with E-state index >= 15 is 0 Å². The van der Waals surface area contributed by atoms with Gasteiger partial charge in [-0.15, -0.1) is 0 Å². The minimum absolute atomic E-state index is 0.227. The first kappa shape index (κ1) is 16.6. The Labute approximate surface area is 143 Å². The van der Waals surface area contributed by atoms with E-state index in [1.165, 1.54) is 11.3 Å². The molecule has 1 fully saturated rings. The zero-order chi connectivity index (χ0) is 16.9. The number of hydrogen-bond donors (Lipinski definition) is 0. The van der Waals surface area contributed by atoms with Gasteiger partial charge in [0.05, 0.1) is 12.4 Å². The molecule has 1 amide bonds. The summed E-state index contributed by atoms with van der Waals surface area (Å²) in [7, 11) is 4.10. The molecule has 3 rings (SSSR count). The smallest absolute Gasteiger partial charge is 0.223 e. The van der Waals surface area contributed by atoms with E-state index in [0.29, 0.717) is 6.42 Å². The van der Waals surface area contributed by atoms with Crippen LogP contribution in [-0.2, 0) is 11.3 Å². The molecule has 5 nitrogen and oxygen atoms in total. The second-order valence-corrected chi connectivity index (χ2v) is 6.64. The van der Waals surface area contributed by atoms with Gasteiger partial charge in [0.2, 0.25) is 5.91 Å². The first-order chi connectivity index (χ1) is 11.6. The van der Waals surface area contributed by atoms with Gasteiger partial charge in [0, 0.05) is 51.7 Å². The van der Waals surface area contributed by atoms with Crippen molar-refractivity contribution in [2.24, 2.45) is 0 Å². The molecule has 1 aliphatic rings. The molecular formula is C19H26N4O. The Bertz CT molecular complexity index is 666. The van der Waals surface area contributed by atoms with Gasteiger partial charge in [-0.05, 0) is 37.0 Å². The summed E-state index contributed by atoms with van der Waals surface area (Å²) < 4.78 is 2.02. The number of likely N-dealkylation sites (tertiary alicyclic amines) is 1. The monoisotopic (exact) mass is 326 g/mol. The van der Waals surface area contributed by atoms with Crippen molar-refractivity contribution in [3.63, 3.8) is 0 Å². The van der Waals surface area contributed by atoms with Crippen molar-refractivity contribution in [2.75, 3.05) is 25.5 Å². The summed E-state index contributed by atoms with van der Waals surface area (Å²) in [5, 5.41) is 0. The van der Waals surface area contributed by atoms with Crippen LogP contribution in [0.5, 0.6) is 0 Å². The minimum Gasteiger partial charge on any atom is -0.378 e. The average molecular weight is 326 g/mol. The summed E-state index contributed by atoms with van der Waals surface area (Å²) >= 11 is 0. The quantitative estimate of drug-likeness (QED) is 0.819. The molecule has 5 heteroatoms. The van der Waals surface area contributed by atoms with Gasteiger partial charge in [-0.2, -0.15) is 0 Å². The predicted molar refractivity (Wildman–Crippen MR) is 95.9 cm³/mol. The summed E-state index contributed by atoms with van der Waals surface area (Å²) in [6.45, 7) is 1.72. The molecule has 1 saturated heterocycles. The molecule has 0 bridgehead atoms. The summed E-state index contributed by atoms with van der Waals surface area (Å²) in [6.07, 6.45) is 9.12. The number of hydrogen-bond acceptors (Lipinski definition) is 3. The lowest BCUT2D eigenvalue weighted by Crippen LogP contribution is -2.30. The van der Waals surface area contributed by atoms with E-state index in [9.17, 15) is 4.79 Å². The zero-order valence-corrected chi connectivity index (χ0v) is 14.6. The molecule has 0 N–H and O–H groups in total. The summed E-state index contributed by atoms with van der Waals surface area (Å²) in [5.41, 5.74) is 2.44. The second-order valence-electron chi connectivity index (χ2n) is 6.64. The van der Waals surface area contributed by atoms with E-state index in [0.717, 1.165) is 32.4 Å². The van der Waals surface area contributed by atoms with Crippen molar-refractivity contribution < 1.29 is 4.79 Å². The molecule has 2 aromatic rings. The van der Waals surface area contributed by atoms with E-state index in [-0.39, 0.29) is 11.9 Å². The first-order valence-electron chi connectivity index (χ1n) is 8.67. The molecule has 1 aliphatic heterocycles. The number of aryl methyl sites for hydroxylation is 1. The third kappa shape index (κ3) is 3.78. The number of nitrogens with zero attached hydrogens (tertiary/aromatic N) is 4. The lowest BCUT2D eigenvalue weighted by Gasteiger charge is -2.26. The molecule has 24 heavy (non-hydrogen) atoms. The van der Waals surface area contributed by atoms with Crippen LogP contribution in [-0.4, -0.2) is 41.0 Å². The number of anilines is 1. The van der Waals surface area contributed by atoms with Gasteiger partial charge in [0.25, 0.3) is 0 Å². The highest BCUT2D eigenvalue weighted by Crippen LogP contribution is 2.34. The maximum Gasteiger partial charge on any atom is 0.223 e. The van der Waals surface area contributed by atoms with Crippen LogP contribution in [0.3, 0.4) is 0 Å². The van der Waals surface area contributed by atoms with Gasteiger partial charge in [0.1, 0.15) is 0 Å². The molecule has 2 heterocycles. The van der Waals surface area contributed by atoms with Crippen LogP contribution >= 0.6 is 0 Å². The van der Waals surface area contributed by atoms with Crippen molar-refractivity contribution >= 4 is 11.6 Å². The van der Waals surface area contributed by atoms with Crippen LogP contribution in [0.25, 0.3) is 0 Å². The van der Waals surface area contributed by atoms with E-state index in [1.807, 2.05) is 24.9 Å². The van der Waals surface area contributed by atoms with E-state index in [4.69, 9.17) is 0 Å². The maximum atomic E-state index is 12.7. The van der Waals surface area contributed by atoms with Gasteiger partial charge in [-0.25, -0.2) is 4.98 Å². The van der Waals surface area contributed by atoms with Gasteiger partial charge in [-0.3, -0.25) is 4.79 Å². The molecule has 0 radical (unpaired) electrons. The largest absolute Gasteiger partial charge is 0.378 e. The molecule has 0 aliphatic carbocycles. The Morgan fingerprint density at radius 1 is 1.38 bits per heavy atom. The third-order valence-electron chi connectivity index (χ3n) is 4.71. The number of carbonyl (C=O) groups excluding carboxylic acids is 1. The number of carbonyl (C=O) groups is 1. The highest BCUT2D eigenvalue weighted by Gasteiger charge is 2.29. The number of rotatable bonds is 6. The standard InChI is InChI=1S/C19H26N4O/c1-21(2)17-7-3-6-16(14-17)18-8-4-12-23(18)19(24)9-5-11-22-13-10-20-15-22/h3,6-7,10,13-15,18H,4-5,8-9,11-12H2,1-2H3/t18-/m1/s1. The molecule has 0 spiro atoms. The van der Waals surface area contributed by atoms with Gasteiger partial charge in [-0.1, -0.05) is 12.1 Å². The van der Waals surface area contributed by atoms with Gasteiger partial charge < -0.3 is 14.4 Å². The predicted octanol–water partition coefficient (Wildman–Crippen LogP) is 3.09. The topological polar surface area (TPSA) is 41.4 Å². The molecule has 128 valence electrons. The lowest BCUT2D eigenvalue weighted by molar-refractivity contribution is -0.132. The third-order valence-corrected chi connectivity index (χ3v) is 4.71. The number of benzene rings is 1. The summed E-state index contributed by atoms with van der Waals surface area (Å²) in [5.74, 6) is 0.271. The summed E-state index contributed by atoms with van der Waals surface area (Å²) in [6, 6.07) is 8.78. The van der Waals surface area contributed by atoms with Crippen molar-refractivity contribution in [3.05, 3.63) is 48.5 Å². The van der Waals surface area contributed by atoms with Crippen molar-refractivity contribution in [3.8, 4) is 0 Å². The minimum atomic E-state index is 0.227. The van der Waals surface area contributed by atoms with Crippen LogP contribution in [0.2, 0.25) is 0 Å². The fraction of sp³-hybridized carbons (Fsp3) is 0.474. The SMILES string of the molecule is CN(C)c1cccc([C@H]2CCCN2C(=O)CCCn2ccnc2)c1. The van der Waals surface area contributed by atoms with E-state index in [1.54, 1.807) is 12.5 Å². The second kappa shape index (κ2) is 7.51. The molecule has 1 atom stereocenters. The number of imidazole rings is 1. The first-order valence-corrected chi connectivity index (χ1v) is 8.67. The fourth-order valence-corrected chi connectivity index (χ4v) is 3.40. The zero-order valence-electron chi connectivity index (χ0n) is 14.6. The molecule has 1 aromatic heterocycles. The molecule has 0 unspecified atom stereocenters. The van der Waals surface area contributed by atoms with Crippen LogP contribution in [0.15, 0.2) is 43.0 Å². The van der Waals surface area contributed by atoms with Crippen molar-refractivity contribution in [1.29, 1.82) is 0 Å². The fourth-order valence-electron chi connectivity index (χ4n) is 3.40. The molecule has 0 saturated carbocycles. The number of aromatic nitrogens is 2. The average Bonchev–Trinajstić information content (AvgIpc) is 3.26. The highest BCUT2D eigenvalue weighted by molar-refractivity contribution is 5.77. The van der Waals surface area contributed by atoms with Crippen LogP contribution in [0.1, 0.15) is 37.3 Å². The Morgan fingerprint density at radius 2 is 2.25 bits per heavy atom. The Morgan fingerprint density at radius 3 is 3.00 bits per heavy atom. The van der Waals surface area contributed by atoms with E-state index < -0.39 is 0 Å². The van der Waals surface area contributed by atoms with Gasteiger partial charge in [0.15, 0.2) is 0 Å². The Balaban J connectivity index is 1.62. The number of amides is 1. The molecule has 1 aromatic carbocycles. The Kier molecular flexibility index (Phi) is 5.18. The van der Waals surface area contributed by atoms with Crippen molar-refractivity contribution in [2.45, 2.75) is 38.3 Å². The Hall–Kier alpha value is -2.30. The summed E-state index contributed by atoms with van der Waals surface area (Å²) in [4.78, 5) is 20.9. The van der Waals surface area contributed by atoms with Crippen LogP contribution in [0, 0.1) is 0 Å². The van der Waals surface area contributed by atoms with E-state index in [2.05, 4.69) is 39.0 Å². The lowest BCUT2D eigenvalue weighted by atomic mass is 10.0. The normalized spacial score (nSPS) is 17.2. The van der Waals surface area contributed by atoms with Crippen LogP contribution in [0.4, 0.5) is 5.69 Å². The maximum absolute atomic E-state index is 12.7. The van der Waals surface area contributed by atoms with Crippen LogP contribution < -0.4 is 4.90 Å². The van der Waals surface area contributed by atoms with Gasteiger partial charge >= 0.3 is 0 Å². The molecular weight excluding hydrogens is 300 g/mol. The van der Waals surface area contributed by atoms with Crippen molar-refractivity contribution in [1.82, 2.24) is 14.5 Å². The highest BCUT2D eigenvalue weighted by atomic mass is 16.2.